The smallest absolute Gasteiger partial charge is 0.387 e. The van der Waals surface area contributed by atoms with E-state index in [9.17, 15) is 13.6 Å². The number of halogens is 2. The van der Waals surface area contributed by atoms with E-state index in [2.05, 4.69) is 15.3 Å². The molecule has 1 N–H and O–H groups in total. The van der Waals surface area contributed by atoms with Crippen LogP contribution in [0.1, 0.15) is 15.9 Å². The number of nitrogens with zero attached hydrogens (tertiary/aromatic N) is 2. The van der Waals surface area contributed by atoms with E-state index in [-0.39, 0.29) is 5.75 Å². The number of carbonyl (C=O) groups excluding carboxylic acids is 1. The number of rotatable bonds is 7. The highest BCUT2D eigenvalue weighted by atomic mass is 19.3. The first-order valence-corrected chi connectivity index (χ1v) is 11.5. The van der Waals surface area contributed by atoms with Crippen LogP contribution in [0.3, 0.4) is 0 Å². The summed E-state index contributed by atoms with van der Waals surface area (Å²) in [6.07, 6.45) is 1.27. The molecule has 0 aliphatic rings. The molecule has 0 unspecified atom stereocenters. The van der Waals surface area contributed by atoms with E-state index in [1.165, 1.54) is 12.3 Å². The Morgan fingerprint density at radius 2 is 1.46 bits per heavy atom. The first-order chi connectivity index (χ1) is 18.1. The Balaban J connectivity index is 1.43. The zero-order chi connectivity index (χ0) is 25.6. The molecule has 5 aromatic rings. The number of hydrazone groups is 1. The van der Waals surface area contributed by atoms with Gasteiger partial charge in [-0.2, -0.15) is 13.9 Å². The summed E-state index contributed by atoms with van der Waals surface area (Å²) < 4.78 is 29.8. The molecule has 1 aromatic heterocycles. The van der Waals surface area contributed by atoms with E-state index in [0.29, 0.717) is 27.7 Å². The SMILES string of the molecule is O=C(N/N=C\c1ccccc1OC(F)F)c1cc(-c2ccc(-c3ccccc3)cc2)nc2ccccc12. The highest BCUT2D eigenvalue weighted by Crippen LogP contribution is 2.27. The minimum absolute atomic E-state index is 0.0360. The third kappa shape index (κ3) is 5.51. The van der Waals surface area contributed by atoms with Crippen molar-refractivity contribution in [1.29, 1.82) is 0 Å². The molecule has 0 aliphatic carbocycles. The Hall–Kier alpha value is -4.91. The molecule has 0 aliphatic heterocycles. The molecule has 1 heterocycles. The number of ether oxygens (including phenoxy) is 1. The van der Waals surface area contributed by atoms with Crippen molar-refractivity contribution in [2.24, 2.45) is 5.10 Å². The van der Waals surface area contributed by atoms with Crippen LogP contribution >= 0.6 is 0 Å². The van der Waals surface area contributed by atoms with Crippen LogP contribution in [-0.4, -0.2) is 23.7 Å². The van der Waals surface area contributed by atoms with Crippen molar-refractivity contribution >= 4 is 23.0 Å². The Morgan fingerprint density at radius 1 is 0.811 bits per heavy atom. The summed E-state index contributed by atoms with van der Waals surface area (Å²) in [4.78, 5) is 17.9. The zero-order valence-electron chi connectivity index (χ0n) is 19.5. The normalized spacial score (nSPS) is 11.2. The second-order valence-electron chi connectivity index (χ2n) is 8.13. The molecule has 0 spiro atoms. The van der Waals surface area contributed by atoms with Gasteiger partial charge in [0, 0.05) is 16.5 Å². The van der Waals surface area contributed by atoms with Crippen molar-refractivity contribution in [2.45, 2.75) is 6.61 Å². The zero-order valence-corrected chi connectivity index (χ0v) is 19.5. The van der Waals surface area contributed by atoms with Crippen LogP contribution in [-0.2, 0) is 0 Å². The van der Waals surface area contributed by atoms with Crippen LogP contribution in [0, 0.1) is 0 Å². The topological polar surface area (TPSA) is 63.6 Å². The van der Waals surface area contributed by atoms with E-state index >= 15 is 0 Å². The molecule has 5 rings (SSSR count). The predicted molar refractivity (Wildman–Crippen MR) is 141 cm³/mol. The highest BCUT2D eigenvalue weighted by molar-refractivity contribution is 6.07. The molecule has 0 saturated carbocycles. The number of hydrogen-bond donors (Lipinski definition) is 1. The fraction of sp³-hybridized carbons (Fsp3) is 0.0333. The van der Waals surface area contributed by atoms with Gasteiger partial charge in [0.05, 0.1) is 23.0 Å². The maximum absolute atomic E-state index is 13.1. The first kappa shape index (κ1) is 23.8. The first-order valence-electron chi connectivity index (χ1n) is 11.5. The van der Waals surface area contributed by atoms with Gasteiger partial charge in [0.15, 0.2) is 0 Å². The van der Waals surface area contributed by atoms with Crippen molar-refractivity contribution in [3.8, 4) is 28.1 Å². The quantitative estimate of drug-likeness (QED) is 0.197. The Bertz CT molecular complexity index is 1570. The van der Waals surface area contributed by atoms with Gasteiger partial charge < -0.3 is 4.74 Å². The van der Waals surface area contributed by atoms with Crippen molar-refractivity contribution in [2.75, 3.05) is 0 Å². The van der Waals surface area contributed by atoms with E-state index < -0.39 is 12.5 Å². The number of hydrogen-bond acceptors (Lipinski definition) is 4. The maximum Gasteiger partial charge on any atom is 0.387 e. The van der Waals surface area contributed by atoms with Gasteiger partial charge in [-0.3, -0.25) is 4.79 Å². The molecule has 0 fully saturated rings. The minimum Gasteiger partial charge on any atom is -0.434 e. The summed E-state index contributed by atoms with van der Waals surface area (Å²) in [5.41, 5.74) is 7.54. The highest BCUT2D eigenvalue weighted by Gasteiger charge is 2.14. The molecule has 0 atom stereocenters. The van der Waals surface area contributed by atoms with Crippen molar-refractivity contribution in [3.05, 3.63) is 120 Å². The number of nitrogens with one attached hydrogen (secondary N) is 1. The average molecular weight is 494 g/mol. The number of benzene rings is 4. The van der Waals surface area contributed by atoms with Crippen LogP contribution in [0.4, 0.5) is 8.78 Å². The predicted octanol–water partition coefficient (Wildman–Crippen LogP) is 6.93. The van der Waals surface area contributed by atoms with Crippen LogP contribution in [0.25, 0.3) is 33.3 Å². The number of para-hydroxylation sites is 2. The molecule has 0 saturated heterocycles. The summed E-state index contributed by atoms with van der Waals surface area (Å²) in [6.45, 7) is -2.97. The Morgan fingerprint density at radius 3 is 2.24 bits per heavy atom. The number of aromatic nitrogens is 1. The monoisotopic (exact) mass is 493 g/mol. The molecular formula is C30H21F2N3O2. The lowest BCUT2D eigenvalue weighted by molar-refractivity contribution is -0.0499. The van der Waals surface area contributed by atoms with Gasteiger partial charge in [0.25, 0.3) is 5.91 Å². The third-order valence-corrected chi connectivity index (χ3v) is 5.75. The summed E-state index contributed by atoms with van der Waals surface area (Å²) in [5, 5.41) is 4.64. The van der Waals surface area contributed by atoms with Gasteiger partial charge >= 0.3 is 6.61 Å². The van der Waals surface area contributed by atoms with Gasteiger partial charge in [-0.05, 0) is 35.4 Å². The number of pyridine rings is 1. The average Bonchev–Trinajstić information content (AvgIpc) is 2.93. The van der Waals surface area contributed by atoms with Gasteiger partial charge in [-0.1, -0.05) is 84.9 Å². The van der Waals surface area contributed by atoms with Crippen LogP contribution < -0.4 is 10.2 Å². The summed E-state index contributed by atoms with van der Waals surface area (Å²) >= 11 is 0. The number of alkyl halides is 2. The Labute approximate surface area is 212 Å². The summed E-state index contributed by atoms with van der Waals surface area (Å²) in [7, 11) is 0. The molecule has 7 heteroatoms. The Kier molecular flexibility index (Phi) is 6.94. The standard InChI is InChI=1S/C30H21F2N3O2/c31-30(32)37-28-13-7-4-10-23(28)19-33-35-29(36)25-18-27(34-26-12-6-5-11-24(25)26)22-16-14-21(15-17-22)20-8-2-1-3-9-20/h1-19,30H,(H,35,36)/b33-19-. The fourth-order valence-corrected chi connectivity index (χ4v) is 3.99. The van der Waals surface area contributed by atoms with Crippen LogP contribution in [0.2, 0.25) is 0 Å². The maximum atomic E-state index is 13.1. The molecule has 0 radical (unpaired) electrons. The fourth-order valence-electron chi connectivity index (χ4n) is 3.99. The molecule has 182 valence electrons. The van der Waals surface area contributed by atoms with Crippen molar-refractivity contribution in [1.82, 2.24) is 10.4 Å². The van der Waals surface area contributed by atoms with E-state index in [4.69, 9.17) is 4.98 Å². The number of amides is 1. The lowest BCUT2D eigenvalue weighted by Crippen LogP contribution is -2.18. The minimum atomic E-state index is -2.97. The van der Waals surface area contributed by atoms with E-state index in [1.54, 1.807) is 24.3 Å². The lowest BCUT2D eigenvalue weighted by Gasteiger charge is -2.10. The molecule has 37 heavy (non-hydrogen) atoms. The van der Waals surface area contributed by atoms with Gasteiger partial charge in [-0.15, -0.1) is 0 Å². The number of carbonyl (C=O) groups is 1. The number of fused-ring (bicyclic) bond motifs is 1. The van der Waals surface area contributed by atoms with Gasteiger partial charge in [0.1, 0.15) is 5.75 Å². The van der Waals surface area contributed by atoms with Crippen LogP contribution in [0.5, 0.6) is 5.75 Å². The van der Waals surface area contributed by atoms with Crippen LogP contribution in [0.15, 0.2) is 114 Å². The third-order valence-electron chi connectivity index (χ3n) is 5.75. The van der Waals surface area contributed by atoms with E-state index in [1.807, 2.05) is 78.9 Å². The summed E-state index contributed by atoms with van der Waals surface area (Å²) in [5.74, 6) is -0.490. The second kappa shape index (κ2) is 10.8. The molecular weight excluding hydrogens is 472 g/mol. The molecule has 0 bridgehead atoms. The summed E-state index contributed by atoms with van der Waals surface area (Å²) in [6, 6.07) is 33.3. The van der Waals surface area contributed by atoms with Gasteiger partial charge in [-0.25, -0.2) is 10.4 Å². The molecule has 4 aromatic carbocycles. The second-order valence-corrected chi connectivity index (χ2v) is 8.13. The molecule has 5 nitrogen and oxygen atoms in total. The van der Waals surface area contributed by atoms with Crippen molar-refractivity contribution < 1.29 is 18.3 Å². The van der Waals surface area contributed by atoms with Crippen molar-refractivity contribution in [3.63, 3.8) is 0 Å². The van der Waals surface area contributed by atoms with E-state index in [0.717, 1.165) is 16.7 Å². The lowest BCUT2D eigenvalue weighted by atomic mass is 10.0. The molecule has 1 amide bonds. The largest absolute Gasteiger partial charge is 0.434 e. The van der Waals surface area contributed by atoms with Gasteiger partial charge in [0.2, 0.25) is 0 Å².